The molecule has 1 aromatic carbocycles. The molecule has 4 heterocycles. The largest absolute Gasteiger partial charge is 0.386 e. The van der Waals surface area contributed by atoms with Crippen LogP contribution in [0, 0.1) is 25.6 Å². The molecule has 0 fully saturated rings. The van der Waals surface area contributed by atoms with Crippen molar-refractivity contribution in [3.05, 3.63) is 52.7 Å². The Morgan fingerprint density at radius 1 is 1.32 bits per heavy atom. The summed E-state index contributed by atoms with van der Waals surface area (Å²) in [5.41, 5.74) is 10.4. The molecule has 0 aliphatic carbocycles. The van der Waals surface area contributed by atoms with Crippen molar-refractivity contribution in [2.24, 2.45) is 21.6 Å². The Balaban J connectivity index is 1.45. The molecule has 160 valence electrons. The number of nitrogens with two attached hydrogens (primary N) is 1. The van der Waals surface area contributed by atoms with E-state index in [1.54, 1.807) is 15.6 Å². The van der Waals surface area contributed by atoms with Gasteiger partial charge in [-0.25, -0.2) is 14.4 Å². The number of amides is 1. The van der Waals surface area contributed by atoms with E-state index in [0.717, 1.165) is 17.0 Å². The molecule has 2 N–H and O–H groups in total. The van der Waals surface area contributed by atoms with Gasteiger partial charge in [0.2, 0.25) is 5.91 Å². The number of hydrogen-bond acceptors (Lipinski definition) is 6. The average Bonchev–Trinajstić information content (AvgIpc) is 3.39. The van der Waals surface area contributed by atoms with E-state index in [9.17, 15) is 4.79 Å². The third kappa shape index (κ3) is 3.03. The zero-order chi connectivity index (χ0) is 21.9. The molecule has 2 unspecified atom stereocenters. The van der Waals surface area contributed by atoms with Crippen molar-refractivity contribution in [1.82, 2.24) is 14.7 Å². The highest BCUT2D eigenvalue weighted by Gasteiger charge is 2.40. The number of aliphatic imine (C=N–C) groups is 2. The molecule has 2 aromatic rings. The van der Waals surface area contributed by atoms with Crippen molar-refractivity contribution < 1.29 is 9.18 Å². The van der Waals surface area contributed by atoms with Gasteiger partial charge >= 0.3 is 0 Å². The van der Waals surface area contributed by atoms with Crippen LogP contribution in [0.15, 0.2) is 34.4 Å². The van der Waals surface area contributed by atoms with Gasteiger partial charge in [-0.05, 0) is 44.0 Å². The molecule has 3 aliphatic heterocycles. The highest BCUT2D eigenvalue weighted by Crippen LogP contribution is 2.41. The smallest absolute Gasteiger partial charge is 0.248 e. The van der Waals surface area contributed by atoms with Crippen LogP contribution in [0.5, 0.6) is 0 Å². The quantitative estimate of drug-likeness (QED) is 0.819. The molecule has 2 atom stereocenters. The lowest BCUT2D eigenvalue weighted by atomic mass is 9.90. The molecule has 1 amide bonds. The lowest BCUT2D eigenvalue weighted by Crippen LogP contribution is -2.38. The van der Waals surface area contributed by atoms with E-state index in [2.05, 4.69) is 15.1 Å². The normalized spacial score (nSPS) is 21.8. The van der Waals surface area contributed by atoms with Gasteiger partial charge in [0.05, 0.1) is 11.6 Å². The Morgan fingerprint density at radius 2 is 2.13 bits per heavy atom. The van der Waals surface area contributed by atoms with E-state index in [1.165, 1.54) is 6.34 Å². The van der Waals surface area contributed by atoms with E-state index in [-0.39, 0.29) is 30.4 Å². The average molecular weight is 421 g/mol. The summed E-state index contributed by atoms with van der Waals surface area (Å²) >= 11 is 0. The second-order valence-corrected chi connectivity index (χ2v) is 8.26. The zero-order valence-corrected chi connectivity index (χ0v) is 17.7. The number of halogens is 1. The van der Waals surface area contributed by atoms with Crippen LogP contribution in [0.2, 0.25) is 0 Å². The number of rotatable bonds is 3. The number of fused-ring (bicyclic) bond motifs is 2. The van der Waals surface area contributed by atoms with Crippen LogP contribution in [-0.2, 0) is 17.8 Å². The molecule has 1 aromatic heterocycles. The van der Waals surface area contributed by atoms with Crippen LogP contribution in [-0.4, -0.2) is 52.5 Å². The first-order valence-electron chi connectivity index (χ1n) is 10.3. The fourth-order valence-corrected chi connectivity index (χ4v) is 4.74. The molecular weight excluding hydrogens is 397 g/mol. The minimum atomic E-state index is -0.304. The lowest BCUT2D eigenvalue weighted by Gasteiger charge is -2.25. The molecule has 3 aliphatic rings. The van der Waals surface area contributed by atoms with E-state index in [1.807, 2.05) is 44.1 Å². The predicted molar refractivity (Wildman–Crippen MR) is 117 cm³/mol. The molecule has 5 rings (SSSR count). The van der Waals surface area contributed by atoms with Crippen molar-refractivity contribution >= 4 is 29.3 Å². The van der Waals surface area contributed by atoms with Gasteiger partial charge in [0.1, 0.15) is 30.7 Å². The summed E-state index contributed by atoms with van der Waals surface area (Å²) in [4.78, 5) is 25.0. The maximum absolute atomic E-state index is 15.6. The Bertz CT molecular complexity index is 1180. The van der Waals surface area contributed by atoms with Crippen molar-refractivity contribution in [1.29, 1.82) is 0 Å². The van der Waals surface area contributed by atoms with Gasteiger partial charge in [-0.15, -0.1) is 0 Å². The van der Waals surface area contributed by atoms with Crippen molar-refractivity contribution in [2.45, 2.75) is 33.0 Å². The van der Waals surface area contributed by atoms with Gasteiger partial charge in [-0.2, -0.15) is 5.10 Å². The molecule has 0 radical (unpaired) electrons. The lowest BCUT2D eigenvalue weighted by molar-refractivity contribution is -0.119. The first-order valence-corrected chi connectivity index (χ1v) is 10.3. The fraction of sp³-hybridized carbons (Fsp3) is 0.364. The van der Waals surface area contributed by atoms with Gasteiger partial charge in [-0.3, -0.25) is 9.48 Å². The SMILES string of the molecule is Cc1cc(C)n(CC(=O)N2CCc3c2ccc(C2=CN(C)C4N=CN=C(N)C24)c3F)n1. The second-order valence-electron chi connectivity index (χ2n) is 8.26. The maximum atomic E-state index is 15.6. The monoisotopic (exact) mass is 421 g/mol. The number of carbonyl (C=O) groups excluding carboxylic acids is 1. The van der Waals surface area contributed by atoms with Crippen LogP contribution in [0.1, 0.15) is 22.5 Å². The number of amidine groups is 1. The Hall–Kier alpha value is -3.49. The number of nitrogens with zero attached hydrogens (tertiary/aromatic N) is 6. The van der Waals surface area contributed by atoms with Gasteiger partial charge in [0.25, 0.3) is 0 Å². The summed E-state index contributed by atoms with van der Waals surface area (Å²) in [7, 11) is 1.89. The van der Waals surface area contributed by atoms with Crippen LogP contribution < -0.4 is 10.6 Å². The second kappa shape index (κ2) is 7.04. The standard InChI is InChI=1S/C22H24FN7O/c1-12-8-13(2)30(27-12)10-18(31)29-7-6-15-17(29)5-4-14(20(15)23)16-9-28(3)22-19(16)21(24)25-11-26-22/h4-5,8-9,11,19,22H,6-7,10H2,1-3H3,(H2,24,25,26). The van der Waals surface area contributed by atoms with Crippen LogP contribution in [0.4, 0.5) is 10.1 Å². The molecule has 9 heteroatoms. The number of carbonyl (C=O) groups is 1. The molecule has 0 saturated carbocycles. The summed E-state index contributed by atoms with van der Waals surface area (Å²) in [6.07, 6.45) is 3.59. The minimum absolute atomic E-state index is 0.102. The van der Waals surface area contributed by atoms with E-state index >= 15 is 4.39 Å². The fourth-order valence-electron chi connectivity index (χ4n) is 4.74. The van der Waals surface area contributed by atoms with E-state index in [4.69, 9.17) is 5.73 Å². The summed E-state index contributed by atoms with van der Waals surface area (Å²) in [5.74, 6) is -0.263. The van der Waals surface area contributed by atoms with E-state index < -0.39 is 0 Å². The van der Waals surface area contributed by atoms with E-state index in [0.29, 0.717) is 35.6 Å². The topological polar surface area (TPSA) is 92.1 Å². The van der Waals surface area contributed by atoms with Gasteiger partial charge in [0, 0.05) is 42.3 Å². The molecule has 0 spiro atoms. The van der Waals surface area contributed by atoms with Crippen molar-refractivity contribution in [2.75, 3.05) is 18.5 Å². The number of aromatic nitrogens is 2. The summed E-state index contributed by atoms with van der Waals surface area (Å²) in [6, 6.07) is 5.49. The molecular formula is C22H24FN7O. The summed E-state index contributed by atoms with van der Waals surface area (Å²) in [6.45, 7) is 4.39. The summed E-state index contributed by atoms with van der Waals surface area (Å²) in [5, 5.41) is 4.36. The number of benzene rings is 1. The Morgan fingerprint density at radius 3 is 2.87 bits per heavy atom. The summed E-state index contributed by atoms with van der Waals surface area (Å²) < 4.78 is 17.3. The number of hydrogen-bond donors (Lipinski definition) is 1. The van der Waals surface area contributed by atoms with Gasteiger partial charge in [-0.1, -0.05) is 0 Å². The first kappa shape index (κ1) is 19.5. The van der Waals surface area contributed by atoms with Crippen LogP contribution in [0.25, 0.3) is 5.57 Å². The zero-order valence-electron chi connectivity index (χ0n) is 17.7. The molecule has 0 bridgehead atoms. The van der Waals surface area contributed by atoms with Crippen molar-refractivity contribution in [3.63, 3.8) is 0 Å². The number of aryl methyl sites for hydroxylation is 2. The number of anilines is 1. The first-order chi connectivity index (χ1) is 14.8. The third-order valence-corrected chi connectivity index (χ3v) is 6.23. The van der Waals surface area contributed by atoms with Crippen molar-refractivity contribution in [3.8, 4) is 0 Å². The Labute approximate surface area is 179 Å². The minimum Gasteiger partial charge on any atom is -0.386 e. The third-order valence-electron chi connectivity index (χ3n) is 6.23. The van der Waals surface area contributed by atoms with Gasteiger partial charge in [0.15, 0.2) is 0 Å². The van der Waals surface area contributed by atoms with Gasteiger partial charge < -0.3 is 15.5 Å². The maximum Gasteiger partial charge on any atom is 0.248 e. The molecule has 8 nitrogen and oxygen atoms in total. The van der Waals surface area contributed by atoms with Crippen LogP contribution in [0.3, 0.4) is 0 Å². The molecule has 31 heavy (non-hydrogen) atoms. The highest BCUT2D eigenvalue weighted by atomic mass is 19.1. The predicted octanol–water partition coefficient (Wildman–Crippen LogP) is 1.86. The highest BCUT2D eigenvalue weighted by molar-refractivity contribution is 6.01. The van der Waals surface area contributed by atoms with Crippen LogP contribution >= 0.6 is 0 Å². The molecule has 0 saturated heterocycles. The Kier molecular flexibility index (Phi) is 4.42.